The van der Waals surface area contributed by atoms with Crippen LogP contribution in [0.1, 0.15) is 83.7 Å². The van der Waals surface area contributed by atoms with Gasteiger partial charge in [-0.2, -0.15) is 0 Å². The molecule has 2 aliphatic rings. The number of fused-ring (bicyclic) bond motifs is 2. The second-order valence-corrected chi connectivity index (χ2v) is 21.8. The summed E-state index contributed by atoms with van der Waals surface area (Å²) in [5.74, 6) is -8.64. The van der Waals surface area contributed by atoms with Gasteiger partial charge in [0.15, 0.2) is 34.3 Å². The first kappa shape index (κ1) is 70.8. The number of nitrogens with zero attached hydrogens (tertiary/aromatic N) is 4. The van der Waals surface area contributed by atoms with Gasteiger partial charge in [0.25, 0.3) is 23.3 Å². The van der Waals surface area contributed by atoms with E-state index in [0.29, 0.717) is 38.5 Å². The number of benzene rings is 4. The summed E-state index contributed by atoms with van der Waals surface area (Å²) in [5, 5.41) is 14.1. The Morgan fingerprint density at radius 1 is 0.606 bits per heavy atom. The number of ether oxygens (including phenoxy) is 10. The number of amides is 5. The van der Waals surface area contributed by atoms with Gasteiger partial charge in [-0.15, -0.1) is 11.8 Å². The number of carboxylic acid groups (broad SMARTS) is 1. The summed E-state index contributed by atoms with van der Waals surface area (Å²) < 4.78 is 55.5. The smallest absolute Gasteiger partial charge is 0.477 e. The zero-order valence-corrected chi connectivity index (χ0v) is 52.6. The van der Waals surface area contributed by atoms with Gasteiger partial charge in [0, 0.05) is 31.9 Å². The normalized spacial score (nSPS) is 14.1. The molecule has 5 aromatic rings. The van der Waals surface area contributed by atoms with Crippen LogP contribution < -0.4 is 45.6 Å². The maximum absolute atomic E-state index is 14.8. The highest BCUT2D eigenvalue weighted by Gasteiger charge is 2.54. The van der Waals surface area contributed by atoms with E-state index in [1.54, 1.807) is 18.2 Å². The minimum Gasteiger partial charge on any atom is -0.477 e. The number of β-lactam (4-membered cyclic amide) rings is 1. The summed E-state index contributed by atoms with van der Waals surface area (Å²) in [6.07, 6.45) is -3.47. The number of carbonyl (C=O) groups excluding carboxylic acids is 10. The molecule has 94 heavy (non-hydrogen) atoms. The number of halogens is 1. The van der Waals surface area contributed by atoms with Crippen LogP contribution in [0, 0.1) is 0 Å². The van der Waals surface area contributed by atoms with Crippen LogP contribution in [0.2, 0.25) is 0 Å². The largest absolute Gasteiger partial charge is 0.513 e. The molecule has 500 valence electrons. The van der Waals surface area contributed by atoms with Gasteiger partial charge >= 0.3 is 42.5 Å². The molecule has 3 N–H and O–H groups in total. The van der Waals surface area contributed by atoms with Gasteiger partial charge < -0.3 is 77.3 Å². The highest BCUT2D eigenvalue weighted by molar-refractivity contribution is 8.00. The Labute approximate surface area is 542 Å². The lowest BCUT2D eigenvalue weighted by Crippen LogP contribution is -2.71. The summed E-state index contributed by atoms with van der Waals surface area (Å²) in [7, 11) is 5.13. The van der Waals surface area contributed by atoms with E-state index >= 15 is 0 Å². The highest BCUT2D eigenvalue weighted by atomic mass is 35.5. The van der Waals surface area contributed by atoms with Gasteiger partial charge in [0.1, 0.15) is 23.2 Å². The van der Waals surface area contributed by atoms with E-state index in [0.717, 1.165) is 61.7 Å². The number of unbranched alkanes of at least 4 members (excludes halogenated alkanes) is 6. The van der Waals surface area contributed by atoms with Crippen molar-refractivity contribution in [1.82, 2.24) is 29.9 Å². The average Bonchev–Trinajstić information content (AvgIpc) is 0.738. The number of aromatic nitrogens is 1. The third-order valence-electron chi connectivity index (χ3n) is 14.3. The molecule has 3 heterocycles. The van der Waals surface area contributed by atoms with Crippen molar-refractivity contribution in [3.63, 3.8) is 0 Å². The number of carbonyl (C=O) groups is 11. The number of rotatable bonds is 28. The third kappa shape index (κ3) is 17.7. The molecule has 0 bridgehead atoms. The predicted molar refractivity (Wildman–Crippen MR) is 326 cm³/mol. The molecule has 5 amide bonds. The fraction of sp³-hybridized carbons (Fsp3) is 0.361. The molecule has 3 atom stereocenters. The number of methoxy groups -OCH3 is 5. The van der Waals surface area contributed by atoms with Gasteiger partial charge in [0.05, 0.1) is 63.6 Å². The Morgan fingerprint density at radius 2 is 1.09 bits per heavy atom. The second kappa shape index (κ2) is 33.6. The van der Waals surface area contributed by atoms with Gasteiger partial charge in [-0.25, -0.2) is 38.1 Å². The highest BCUT2D eigenvalue weighted by Crippen LogP contribution is 2.42. The summed E-state index contributed by atoms with van der Waals surface area (Å²) in [5.41, 5.74) is -1.72. The first-order valence-electron chi connectivity index (χ1n) is 28.7. The Kier molecular flexibility index (Phi) is 25.3. The lowest BCUT2D eigenvalue weighted by molar-refractivity contribution is -0.151. The number of hydrogen-bond acceptors (Lipinski definition) is 25. The minimum atomic E-state index is -1.50. The molecule has 0 saturated carbocycles. The molecule has 0 spiro atoms. The van der Waals surface area contributed by atoms with Crippen LogP contribution in [0.25, 0.3) is 11.0 Å². The number of carboxylic acids is 1. The molecule has 0 aliphatic carbocycles. The summed E-state index contributed by atoms with van der Waals surface area (Å²) in [4.78, 5) is 175. The Bertz CT molecular complexity index is 3860. The van der Waals surface area contributed by atoms with E-state index in [4.69, 9.17) is 39.7 Å². The van der Waals surface area contributed by atoms with E-state index in [1.807, 2.05) is 0 Å². The molecule has 7 rings (SSSR count). The van der Waals surface area contributed by atoms with Crippen molar-refractivity contribution in [3.8, 4) is 28.7 Å². The van der Waals surface area contributed by atoms with Crippen LogP contribution in [0.3, 0.4) is 0 Å². The standard InChI is InChI=1S/C61H63ClN6O25S/c1-83-57(78)88-39-25-19-24-37-46(39)91-56(77)67(52(37)73)31-16-9-8-14-29-65(50(71)35-22-17-26-40(89-58(79)84-2)47(35)92-60(81)86-4)28-13-6-7-15-30-66(51(72)36-23-18-27-41(90-59(80)85-3)48(36)93-61(82)87-5)32-42(69)63-43(34-20-11-10-12-21-34)49(70)64-44-53(74)68-45(55(75)76)38(62)33-94-54(44)68/h10-12,17-27,43-44,54H,6-9,13-16,28-33H2,1-5H3,(H,63,69)(H,64,70)(H,75,76)/t43?,44-,54-/m1/s1. The first-order valence-corrected chi connectivity index (χ1v) is 30.1. The Hall–Kier alpha value is -10.6. The Morgan fingerprint density at radius 3 is 1.62 bits per heavy atom. The van der Waals surface area contributed by atoms with Gasteiger partial charge in [-0.1, -0.05) is 85.8 Å². The van der Waals surface area contributed by atoms with Crippen molar-refractivity contribution in [2.45, 2.75) is 75.4 Å². The zero-order chi connectivity index (χ0) is 68.2. The van der Waals surface area contributed by atoms with Crippen molar-refractivity contribution in [3.05, 3.63) is 133 Å². The Balaban J connectivity index is 1.09. The molecule has 1 aromatic heterocycles. The van der Waals surface area contributed by atoms with Crippen molar-refractivity contribution < 1.29 is 110 Å². The van der Waals surface area contributed by atoms with Gasteiger partial charge in [0.2, 0.25) is 11.8 Å². The number of nitrogens with one attached hydrogen (secondary N) is 2. The van der Waals surface area contributed by atoms with Crippen molar-refractivity contribution in [2.24, 2.45) is 0 Å². The molecule has 1 fully saturated rings. The maximum atomic E-state index is 14.8. The molecular weight excluding hydrogens is 1280 g/mol. The summed E-state index contributed by atoms with van der Waals surface area (Å²) >= 11 is 7.27. The molecule has 0 radical (unpaired) electrons. The number of aliphatic carboxylic acids is 1. The monoisotopic (exact) mass is 1350 g/mol. The fourth-order valence-corrected chi connectivity index (χ4v) is 11.3. The van der Waals surface area contributed by atoms with Crippen LogP contribution in [-0.4, -0.2) is 170 Å². The van der Waals surface area contributed by atoms with Gasteiger partial charge in [-0.3, -0.25) is 33.7 Å². The topological polar surface area (TPSA) is 386 Å². The first-order chi connectivity index (χ1) is 45.1. The van der Waals surface area contributed by atoms with Crippen LogP contribution in [0.4, 0.5) is 24.0 Å². The summed E-state index contributed by atoms with van der Waals surface area (Å²) in [6, 6.07) is 17.0. The molecule has 31 nitrogen and oxygen atoms in total. The molecule has 33 heteroatoms. The van der Waals surface area contributed by atoms with Crippen molar-refractivity contribution in [2.75, 3.05) is 67.5 Å². The molecule has 2 aliphatic heterocycles. The summed E-state index contributed by atoms with van der Waals surface area (Å²) in [6.45, 7) is -0.896. The third-order valence-corrected chi connectivity index (χ3v) is 16.0. The minimum absolute atomic E-state index is 0.0278. The van der Waals surface area contributed by atoms with E-state index in [1.165, 1.54) is 71.6 Å². The van der Waals surface area contributed by atoms with E-state index < -0.39 is 130 Å². The van der Waals surface area contributed by atoms with E-state index in [2.05, 4.69) is 34.3 Å². The van der Waals surface area contributed by atoms with Crippen molar-refractivity contribution >= 4 is 101 Å². The molecule has 1 saturated heterocycles. The van der Waals surface area contributed by atoms with Crippen LogP contribution in [-0.2, 0) is 49.4 Å². The van der Waals surface area contributed by atoms with E-state index in [9.17, 15) is 67.4 Å². The fourth-order valence-electron chi connectivity index (χ4n) is 9.75. The lowest BCUT2D eigenvalue weighted by Gasteiger charge is -2.49. The SMILES string of the molecule is COC(=O)Oc1cccc(C(=O)N(CCCCCCN(CC(=O)NC(C(=O)N[C@@H]2C(=O)N3C(C(=O)O)=C(Cl)CS[C@H]23)c2ccccc2)C(=O)c2cccc(OC(=O)OC)c2OC(=O)OC)CCCCCCn2c(=O)oc3c(OC(=O)OC)cccc3c2=O)c1OC(=O)OC. The average molecular weight is 1350 g/mol. The zero-order valence-electron chi connectivity index (χ0n) is 51.0. The van der Waals surface area contributed by atoms with Crippen molar-refractivity contribution in [1.29, 1.82) is 0 Å². The van der Waals surface area contributed by atoms with Gasteiger partial charge in [-0.05, 0) is 67.6 Å². The second-order valence-electron chi connectivity index (χ2n) is 20.2. The van der Waals surface area contributed by atoms with Crippen LogP contribution >= 0.6 is 23.4 Å². The maximum Gasteiger partial charge on any atom is 0.513 e. The molecular formula is C61H63ClN6O25S. The number of para-hydroxylation sites is 3. The van der Waals surface area contributed by atoms with Crippen LogP contribution in [0.15, 0.2) is 110 Å². The number of thioether (sulfide) groups is 1. The van der Waals surface area contributed by atoms with E-state index in [-0.39, 0.29) is 83.4 Å². The number of hydrogen-bond donors (Lipinski definition) is 3. The molecule has 4 aromatic carbocycles. The van der Waals surface area contributed by atoms with Crippen LogP contribution in [0.5, 0.6) is 28.7 Å². The quantitative estimate of drug-likeness (QED) is 0.0151. The predicted octanol–water partition coefficient (Wildman–Crippen LogP) is 6.88. The molecule has 1 unspecified atom stereocenters. The lowest BCUT2D eigenvalue weighted by atomic mass is 10.0.